The molecule has 9 nitrogen and oxygen atoms in total. The van der Waals surface area contributed by atoms with Crippen molar-refractivity contribution in [3.8, 4) is 16.6 Å². The molecule has 4 heterocycles. The molecule has 1 fully saturated rings. The van der Waals surface area contributed by atoms with Gasteiger partial charge >= 0.3 is 0 Å². The number of fused-ring (bicyclic) bond motifs is 1. The summed E-state index contributed by atoms with van der Waals surface area (Å²) in [6, 6.07) is 3.92. The average Bonchev–Trinajstić information content (AvgIpc) is 3.44. The molecule has 1 atom stereocenters. The number of aromatic amines is 1. The van der Waals surface area contributed by atoms with Crippen LogP contribution in [0.5, 0.6) is 0 Å². The minimum atomic E-state index is -0.178. The summed E-state index contributed by atoms with van der Waals surface area (Å²) in [5, 5.41) is 16.6. The summed E-state index contributed by atoms with van der Waals surface area (Å²) in [5.41, 5.74) is 2.43. The van der Waals surface area contributed by atoms with Gasteiger partial charge in [-0.05, 0) is 18.9 Å². The predicted molar refractivity (Wildman–Crippen MR) is 114 cm³/mol. The lowest BCUT2D eigenvalue weighted by atomic mass is 10.0. The fourth-order valence-electron chi connectivity index (χ4n) is 3.66. The number of nitrogens with one attached hydrogen (secondary N) is 3. The number of pyridine rings is 1. The number of thiazole rings is 1. The van der Waals surface area contributed by atoms with E-state index in [1.807, 2.05) is 18.3 Å². The summed E-state index contributed by atoms with van der Waals surface area (Å²) >= 11 is 1.30. The number of aromatic nitrogens is 3. The van der Waals surface area contributed by atoms with Crippen molar-refractivity contribution >= 4 is 39.9 Å². The third-order valence-corrected chi connectivity index (χ3v) is 6.16. The van der Waals surface area contributed by atoms with E-state index in [4.69, 9.17) is 5.26 Å². The van der Waals surface area contributed by atoms with Crippen molar-refractivity contribution in [2.75, 3.05) is 25.5 Å². The maximum absolute atomic E-state index is 12.2. The minimum Gasteiger partial charge on any atom is -0.379 e. The summed E-state index contributed by atoms with van der Waals surface area (Å²) in [5.74, 6) is -0.316. The summed E-state index contributed by atoms with van der Waals surface area (Å²) in [4.78, 5) is 38.4. The Bertz CT molecular complexity index is 1130. The first kappa shape index (κ1) is 19.8. The summed E-state index contributed by atoms with van der Waals surface area (Å²) in [6.45, 7) is 1.21. The van der Waals surface area contributed by atoms with Crippen molar-refractivity contribution in [1.82, 2.24) is 25.2 Å². The molecular weight excluding hydrogens is 402 g/mol. The normalized spacial score (nSPS) is 16.3. The Morgan fingerprint density at radius 3 is 3.07 bits per heavy atom. The Kier molecular flexibility index (Phi) is 5.63. The highest BCUT2D eigenvalue weighted by molar-refractivity contribution is 7.17. The number of carbonyl (C=O) groups is 2. The van der Waals surface area contributed by atoms with Crippen molar-refractivity contribution in [2.24, 2.45) is 0 Å². The molecule has 0 aliphatic carbocycles. The van der Waals surface area contributed by atoms with E-state index >= 15 is 0 Å². The molecule has 0 unspecified atom stereocenters. The van der Waals surface area contributed by atoms with Gasteiger partial charge in [-0.1, -0.05) is 0 Å². The summed E-state index contributed by atoms with van der Waals surface area (Å²) in [7, 11) is 1.59. The monoisotopic (exact) mass is 423 g/mol. The summed E-state index contributed by atoms with van der Waals surface area (Å²) in [6.07, 6.45) is 6.81. The van der Waals surface area contributed by atoms with Gasteiger partial charge in [0.1, 0.15) is 22.0 Å². The van der Waals surface area contributed by atoms with E-state index in [0.717, 1.165) is 35.1 Å². The molecule has 4 rings (SSSR count). The fourth-order valence-corrected chi connectivity index (χ4v) is 4.54. The van der Waals surface area contributed by atoms with Gasteiger partial charge in [-0.25, -0.2) is 9.97 Å². The zero-order chi connectivity index (χ0) is 21.1. The van der Waals surface area contributed by atoms with Crippen LogP contribution in [0.1, 0.15) is 28.9 Å². The number of hydrogen-bond donors (Lipinski definition) is 3. The van der Waals surface area contributed by atoms with Gasteiger partial charge in [-0.2, -0.15) is 5.26 Å². The van der Waals surface area contributed by atoms with Crippen LogP contribution in [-0.4, -0.2) is 57.8 Å². The van der Waals surface area contributed by atoms with Crippen LogP contribution >= 0.6 is 11.3 Å². The lowest BCUT2D eigenvalue weighted by Gasteiger charge is -2.33. The zero-order valence-electron chi connectivity index (χ0n) is 16.4. The van der Waals surface area contributed by atoms with Crippen molar-refractivity contribution < 1.29 is 9.59 Å². The summed E-state index contributed by atoms with van der Waals surface area (Å²) < 4.78 is 0. The number of nitrogens with zero attached hydrogens (tertiary/aromatic N) is 4. The van der Waals surface area contributed by atoms with Crippen LogP contribution in [0.4, 0.5) is 5.69 Å². The van der Waals surface area contributed by atoms with Gasteiger partial charge in [-0.3, -0.25) is 9.59 Å². The second-order valence-electron chi connectivity index (χ2n) is 7.05. The Balaban J connectivity index is 1.66. The van der Waals surface area contributed by atoms with E-state index in [2.05, 4.69) is 25.6 Å². The highest BCUT2D eigenvalue weighted by Gasteiger charge is 2.25. The van der Waals surface area contributed by atoms with Crippen LogP contribution in [0, 0.1) is 11.3 Å². The van der Waals surface area contributed by atoms with Crippen molar-refractivity contribution in [3.05, 3.63) is 29.5 Å². The highest BCUT2D eigenvalue weighted by atomic mass is 32.1. The van der Waals surface area contributed by atoms with Gasteiger partial charge in [0.2, 0.25) is 5.91 Å². The van der Waals surface area contributed by atoms with Crippen LogP contribution in [0.2, 0.25) is 0 Å². The first-order valence-corrected chi connectivity index (χ1v) is 10.5. The molecule has 1 aliphatic rings. The molecule has 3 aromatic rings. The Morgan fingerprint density at radius 2 is 2.27 bits per heavy atom. The second kappa shape index (κ2) is 8.51. The third-order valence-electron chi connectivity index (χ3n) is 5.13. The van der Waals surface area contributed by atoms with Gasteiger partial charge in [0.25, 0.3) is 5.91 Å². The number of H-pyrrole nitrogens is 1. The number of likely N-dealkylation sites (tertiary alicyclic amines) is 1. The van der Waals surface area contributed by atoms with Crippen LogP contribution < -0.4 is 10.6 Å². The lowest BCUT2D eigenvalue weighted by molar-refractivity contribution is -0.131. The molecule has 3 aromatic heterocycles. The van der Waals surface area contributed by atoms with E-state index in [1.54, 1.807) is 24.3 Å². The quantitative estimate of drug-likeness (QED) is 0.578. The topological polar surface area (TPSA) is 127 Å². The molecule has 2 amide bonds. The van der Waals surface area contributed by atoms with E-state index in [-0.39, 0.29) is 24.3 Å². The Morgan fingerprint density at radius 1 is 1.40 bits per heavy atom. The van der Waals surface area contributed by atoms with E-state index in [0.29, 0.717) is 23.0 Å². The largest absolute Gasteiger partial charge is 0.379 e. The molecule has 1 saturated heterocycles. The van der Waals surface area contributed by atoms with Crippen LogP contribution in [-0.2, 0) is 4.79 Å². The number of carbonyl (C=O) groups excluding carboxylic acids is 2. The smallest absolute Gasteiger partial charge is 0.262 e. The van der Waals surface area contributed by atoms with E-state index in [1.165, 1.54) is 11.3 Å². The number of amides is 2. The van der Waals surface area contributed by atoms with Gasteiger partial charge in [0.05, 0.1) is 23.5 Å². The molecule has 0 spiro atoms. The van der Waals surface area contributed by atoms with Gasteiger partial charge in [0, 0.05) is 44.0 Å². The molecule has 0 saturated carbocycles. The fraction of sp³-hybridized carbons (Fsp3) is 0.350. The molecule has 30 heavy (non-hydrogen) atoms. The van der Waals surface area contributed by atoms with Gasteiger partial charge in [0.15, 0.2) is 0 Å². The first-order chi connectivity index (χ1) is 14.6. The molecule has 0 radical (unpaired) electrons. The number of nitriles is 1. The second-order valence-corrected chi connectivity index (χ2v) is 8.08. The Hall–Kier alpha value is -3.45. The number of anilines is 1. The molecule has 154 valence electrons. The molecule has 3 N–H and O–H groups in total. The van der Waals surface area contributed by atoms with Gasteiger partial charge in [-0.15, -0.1) is 11.3 Å². The molecule has 10 heteroatoms. The van der Waals surface area contributed by atoms with Crippen molar-refractivity contribution in [3.63, 3.8) is 0 Å². The van der Waals surface area contributed by atoms with Crippen LogP contribution in [0.15, 0.2) is 24.7 Å². The minimum absolute atomic E-state index is 0.0408. The predicted octanol–water partition coefficient (Wildman–Crippen LogP) is 2.36. The number of piperidine rings is 1. The molecule has 0 bridgehead atoms. The highest BCUT2D eigenvalue weighted by Crippen LogP contribution is 2.36. The van der Waals surface area contributed by atoms with Crippen LogP contribution in [0.25, 0.3) is 21.6 Å². The van der Waals surface area contributed by atoms with Crippen molar-refractivity contribution in [2.45, 2.75) is 25.3 Å². The Labute approximate surface area is 177 Å². The third kappa shape index (κ3) is 3.84. The SMILES string of the molecule is CNC(=O)c1cnc(-c2cnc3[nH]ccc3c2N[C@@H]2CCCN(C(=O)CC#N)C2)s1. The molecular formula is C20H21N7O2S. The molecule has 0 aromatic carbocycles. The standard InChI is InChI=1S/C20H21N7O2S/c1-22-19(29)15-10-25-20(30-15)14-9-24-18-13(5-7-23-18)17(14)26-12-3-2-8-27(11-12)16(28)4-6-21/h5,7,9-10,12H,2-4,8,11H2,1H3,(H,22,29)(H2,23,24,26)/t12-/m1/s1. The van der Waals surface area contributed by atoms with E-state index in [9.17, 15) is 9.59 Å². The maximum atomic E-state index is 12.2. The van der Waals surface area contributed by atoms with Crippen LogP contribution in [0.3, 0.4) is 0 Å². The number of hydrogen-bond acceptors (Lipinski definition) is 7. The number of rotatable bonds is 5. The average molecular weight is 424 g/mol. The van der Waals surface area contributed by atoms with Crippen molar-refractivity contribution in [1.29, 1.82) is 5.26 Å². The lowest BCUT2D eigenvalue weighted by Crippen LogP contribution is -2.45. The van der Waals surface area contributed by atoms with Gasteiger partial charge < -0.3 is 20.5 Å². The molecule has 1 aliphatic heterocycles. The maximum Gasteiger partial charge on any atom is 0.262 e. The zero-order valence-corrected chi connectivity index (χ0v) is 17.3. The first-order valence-electron chi connectivity index (χ1n) is 9.66. The van der Waals surface area contributed by atoms with E-state index < -0.39 is 0 Å².